The van der Waals surface area contributed by atoms with Crippen LogP contribution in [0.1, 0.15) is 46.6 Å². The topological polar surface area (TPSA) is 70.2 Å². The molecule has 2 heterocycles. The summed E-state index contributed by atoms with van der Waals surface area (Å²) in [5.41, 5.74) is 3.33. The van der Waals surface area contributed by atoms with E-state index in [2.05, 4.69) is 10.2 Å². The fraction of sp³-hybridized carbons (Fsp3) is 0.278. The summed E-state index contributed by atoms with van der Waals surface area (Å²) in [7, 11) is 0. The SMILES string of the molecule is Cc1nnc([C@@H](C)OC(=O)c2cc(C)n(-c3ccccc3)c2C)o1. The number of hydrogen-bond acceptors (Lipinski definition) is 5. The van der Waals surface area contributed by atoms with E-state index < -0.39 is 12.1 Å². The number of para-hydroxylation sites is 1. The summed E-state index contributed by atoms with van der Waals surface area (Å²) in [5, 5.41) is 7.64. The molecule has 0 N–H and O–H groups in total. The molecule has 124 valence electrons. The van der Waals surface area contributed by atoms with Crippen molar-refractivity contribution in [2.24, 2.45) is 0 Å². The average Bonchev–Trinajstić information content (AvgIpc) is 3.12. The molecule has 0 saturated heterocycles. The molecule has 0 radical (unpaired) electrons. The number of aryl methyl sites for hydroxylation is 2. The third-order valence-corrected chi connectivity index (χ3v) is 3.84. The number of carbonyl (C=O) groups excluding carboxylic acids is 1. The molecule has 0 aliphatic rings. The van der Waals surface area contributed by atoms with Crippen LogP contribution in [0.5, 0.6) is 0 Å². The second kappa shape index (κ2) is 6.31. The van der Waals surface area contributed by atoms with Crippen molar-refractivity contribution in [3.63, 3.8) is 0 Å². The Morgan fingerprint density at radius 3 is 2.50 bits per heavy atom. The number of benzene rings is 1. The minimum atomic E-state index is -0.599. The van der Waals surface area contributed by atoms with E-state index in [0.29, 0.717) is 11.5 Å². The number of aromatic nitrogens is 3. The fourth-order valence-corrected chi connectivity index (χ4v) is 2.69. The molecule has 3 rings (SSSR count). The summed E-state index contributed by atoms with van der Waals surface area (Å²) in [5.74, 6) is 0.321. The summed E-state index contributed by atoms with van der Waals surface area (Å²) in [6, 6.07) is 11.7. The van der Waals surface area contributed by atoms with E-state index in [1.807, 2.05) is 54.8 Å². The van der Waals surface area contributed by atoms with E-state index in [4.69, 9.17) is 9.15 Å². The van der Waals surface area contributed by atoms with E-state index >= 15 is 0 Å². The summed E-state index contributed by atoms with van der Waals surface area (Å²) in [4.78, 5) is 12.5. The van der Waals surface area contributed by atoms with Gasteiger partial charge >= 0.3 is 5.97 Å². The van der Waals surface area contributed by atoms with E-state index in [1.165, 1.54) is 0 Å². The van der Waals surface area contributed by atoms with Crippen molar-refractivity contribution < 1.29 is 13.9 Å². The number of carbonyl (C=O) groups is 1. The molecule has 0 aliphatic heterocycles. The first-order valence-electron chi connectivity index (χ1n) is 7.72. The van der Waals surface area contributed by atoms with Gasteiger partial charge in [0, 0.05) is 24.0 Å². The van der Waals surface area contributed by atoms with Crippen molar-refractivity contribution in [2.75, 3.05) is 0 Å². The zero-order valence-electron chi connectivity index (χ0n) is 14.1. The highest BCUT2D eigenvalue weighted by molar-refractivity contribution is 5.91. The standard InChI is InChI=1S/C18H19N3O3/c1-11-10-16(12(2)21(11)15-8-6-5-7-9-15)18(22)23-13(3)17-20-19-14(4)24-17/h5-10,13H,1-4H3/t13-/m1/s1. The van der Waals surface area contributed by atoms with Crippen LogP contribution in [-0.4, -0.2) is 20.7 Å². The highest BCUT2D eigenvalue weighted by Crippen LogP contribution is 2.24. The maximum atomic E-state index is 12.5. The minimum Gasteiger partial charge on any atom is -0.449 e. The zero-order chi connectivity index (χ0) is 17.3. The third-order valence-electron chi connectivity index (χ3n) is 3.84. The van der Waals surface area contributed by atoms with Gasteiger partial charge < -0.3 is 13.7 Å². The molecule has 0 bridgehead atoms. The Hall–Kier alpha value is -2.89. The van der Waals surface area contributed by atoms with Gasteiger partial charge in [0.15, 0.2) is 6.10 Å². The van der Waals surface area contributed by atoms with Crippen molar-refractivity contribution in [3.8, 4) is 5.69 Å². The van der Waals surface area contributed by atoms with Gasteiger partial charge in [0.2, 0.25) is 5.89 Å². The first kappa shape index (κ1) is 16.0. The van der Waals surface area contributed by atoms with Crippen LogP contribution in [-0.2, 0) is 4.74 Å². The Labute approximate surface area is 140 Å². The van der Waals surface area contributed by atoms with Crippen LogP contribution in [0.15, 0.2) is 40.8 Å². The van der Waals surface area contributed by atoms with Crippen molar-refractivity contribution in [1.29, 1.82) is 0 Å². The maximum absolute atomic E-state index is 12.5. The third kappa shape index (κ3) is 2.95. The highest BCUT2D eigenvalue weighted by atomic mass is 16.6. The molecule has 6 heteroatoms. The molecule has 3 aromatic rings. The summed E-state index contributed by atoms with van der Waals surface area (Å²) < 4.78 is 12.8. The van der Waals surface area contributed by atoms with Gasteiger partial charge in [-0.2, -0.15) is 0 Å². The molecule has 0 fully saturated rings. The highest BCUT2D eigenvalue weighted by Gasteiger charge is 2.22. The smallest absolute Gasteiger partial charge is 0.340 e. The Kier molecular flexibility index (Phi) is 4.20. The minimum absolute atomic E-state index is 0.290. The second-order valence-electron chi connectivity index (χ2n) is 5.66. The molecule has 0 saturated carbocycles. The zero-order valence-corrected chi connectivity index (χ0v) is 14.1. The number of rotatable bonds is 4. The van der Waals surface area contributed by atoms with Gasteiger partial charge in [0.05, 0.1) is 5.56 Å². The van der Waals surface area contributed by atoms with Crippen molar-refractivity contribution in [3.05, 3.63) is 65.1 Å². The van der Waals surface area contributed by atoms with Crippen molar-refractivity contribution in [2.45, 2.75) is 33.8 Å². The fourth-order valence-electron chi connectivity index (χ4n) is 2.69. The number of nitrogens with zero attached hydrogens (tertiary/aromatic N) is 3. The molecule has 0 aliphatic carbocycles. The van der Waals surface area contributed by atoms with Crippen LogP contribution in [0.3, 0.4) is 0 Å². The largest absolute Gasteiger partial charge is 0.449 e. The monoisotopic (exact) mass is 325 g/mol. The van der Waals surface area contributed by atoms with Gasteiger partial charge in [-0.3, -0.25) is 0 Å². The number of esters is 1. The molecule has 24 heavy (non-hydrogen) atoms. The van der Waals surface area contributed by atoms with Gasteiger partial charge in [-0.1, -0.05) is 18.2 Å². The summed E-state index contributed by atoms with van der Waals surface area (Å²) in [6.45, 7) is 7.26. The molecular weight excluding hydrogens is 306 g/mol. The van der Waals surface area contributed by atoms with Gasteiger partial charge in [-0.25, -0.2) is 4.79 Å². The Morgan fingerprint density at radius 2 is 1.88 bits per heavy atom. The molecule has 0 amide bonds. The van der Waals surface area contributed by atoms with Crippen LogP contribution < -0.4 is 0 Å². The Balaban J connectivity index is 1.86. The van der Waals surface area contributed by atoms with Crippen LogP contribution in [0, 0.1) is 20.8 Å². The van der Waals surface area contributed by atoms with Crippen LogP contribution in [0.25, 0.3) is 5.69 Å². The molecular formula is C18H19N3O3. The van der Waals surface area contributed by atoms with Crippen LogP contribution >= 0.6 is 0 Å². The van der Waals surface area contributed by atoms with E-state index in [0.717, 1.165) is 17.1 Å². The molecule has 1 atom stereocenters. The van der Waals surface area contributed by atoms with E-state index in [-0.39, 0.29) is 5.89 Å². The molecule has 2 aromatic heterocycles. The van der Waals surface area contributed by atoms with E-state index in [1.54, 1.807) is 13.8 Å². The lowest BCUT2D eigenvalue weighted by Gasteiger charge is -2.11. The van der Waals surface area contributed by atoms with E-state index in [9.17, 15) is 4.79 Å². The lowest BCUT2D eigenvalue weighted by atomic mass is 10.2. The number of ether oxygens (including phenoxy) is 1. The maximum Gasteiger partial charge on any atom is 0.340 e. The summed E-state index contributed by atoms with van der Waals surface area (Å²) >= 11 is 0. The van der Waals surface area contributed by atoms with Gasteiger partial charge in [0.1, 0.15) is 0 Å². The summed E-state index contributed by atoms with van der Waals surface area (Å²) in [6.07, 6.45) is -0.599. The Bertz CT molecular complexity index is 865. The van der Waals surface area contributed by atoms with Crippen molar-refractivity contribution >= 4 is 5.97 Å². The molecule has 6 nitrogen and oxygen atoms in total. The number of hydrogen-bond donors (Lipinski definition) is 0. The lowest BCUT2D eigenvalue weighted by Crippen LogP contribution is -2.11. The van der Waals surface area contributed by atoms with Gasteiger partial charge in [0.25, 0.3) is 5.89 Å². The predicted octanol–water partition coefficient (Wildman–Crippen LogP) is 3.70. The normalized spacial score (nSPS) is 12.2. The lowest BCUT2D eigenvalue weighted by molar-refractivity contribution is 0.0276. The quantitative estimate of drug-likeness (QED) is 0.684. The molecule has 0 unspecified atom stereocenters. The average molecular weight is 325 g/mol. The molecule has 0 spiro atoms. The second-order valence-corrected chi connectivity index (χ2v) is 5.66. The van der Waals surface area contributed by atoms with Crippen LogP contribution in [0.2, 0.25) is 0 Å². The first-order valence-corrected chi connectivity index (χ1v) is 7.72. The van der Waals surface area contributed by atoms with Gasteiger partial charge in [-0.05, 0) is 39.0 Å². The molecule has 1 aromatic carbocycles. The predicted molar refractivity (Wildman–Crippen MR) is 88.1 cm³/mol. The Morgan fingerprint density at radius 1 is 1.17 bits per heavy atom. The van der Waals surface area contributed by atoms with Gasteiger partial charge in [-0.15, -0.1) is 10.2 Å². The first-order chi connectivity index (χ1) is 11.5. The van der Waals surface area contributed by atoms with Crippen molar-refractivity contribution in [1.82, 2.24) is 14.8 Å². The van der Waals surface area contributed by atoms with Crippen LogP contribution in [0.4, 0.5) is 0 Å².